The van der Waals surface area contributed by atoms with E-state index in [0.29, 0.717) is 6.42 Å². The molecule has 0 saturated heterocycles. The first-order chi connectivity index (χ1) is 12.7. The average molecular weight is 387 g/mol. The molecule has 2 unspecified atom stereocenters. The van der Waals surface area contributed by atoms with Crippen LogP contribution in [-0.4, -0.2) is 50.5 Å². The zero-order valence-electron chi connectivity index (χ0n) is 17.2. The van der Waals surface area contributed by atoms with Crippen LogP contribution in [0.1, 0.15) is 97.8 Å². The van der Waals surface area contributed by atoms with Crippen molar-refractivity contribution in [3.05, 3.63) is 0 Å². The number of Topliss-reactive ketones (excluding diaryl/α,β-unsaturated/α-hetero) is 3. The van der Waals surface area contributed by atoms with E-state index in [9.17, 15) is 29.7 Å². The van der Waals surface area contributed by atoms with E-state index in [2.05, 4.69) is 6.92 Å². The SMILES string of the molecule is CCCCCCCCCCCCCC(=O)C(O)C(O)C(O)(C(C)=O)C(C)=O. The maximum atomic E-state index is 12.0. The molecule has 0 heterocycles. The lowest BCUT2D eigenvalue weighted by molar-refractivity contribution is -0.172. The Bertz CT molecular complexity index is 446. The molecule has 0 rings (SSSR count). The molecule has 0 aromatic carbocycles. The fraction of sp³-hybridized carbons (Fsp3) is 0.857. The van der Waals surface area contributed by atoms with Crippen LogP contribution in [0.5, 0.6) is 0 Å². The number of ketones is 3. The Morgan fingerprint density at radius 2 is 1.11 bits per heavy atom. The maximum absolute atomic E-state index is 12.0. The van der Waals surface area contributed by atoms with Crippen molar-refractivity contribution < 1.29 is 29.7 Å². The molecule has 0 bridgehead atoms. The van der Waals surface area contributed by atoms with E-state index in [1.54, 1.807) is 0 Å². The monoisotopic (exact) mass is 386 g/mol. The van der Waals surface area contributed by atoms with Crippen LogP contribution in [0, 0.1) is 0 Å². The molecule has 6 nitrogen and oxygen atoms in total. The van der Waals surface area contributed by atoms with E-state index in [1.807, 2.05) is 0 Å². The lowest BCUT2D eigenvalue weighted by atomic mass is 9.83. The van der Waals surface area contributed by atoms with Gasteiger partial charge in [0.05, 0.1) is 0 Å². The third-order valence-electron chi connectivity index (χ3n) is 5.16. The molecule has 0 amide bonds. The highest BCUT2D eigenvalue weighted by molar-refractivity contribution is 6.09. The Morgan fingerprint density at radius 3 is 1.48 bits per heavy atom. The molecule has 0 aliphatic heterocycles. The second-order valence-electron chi connectivity index (χ2n) is 7.52. The van der Waals surface area contributed by atoms with Gasteiger partial charge in [-0.05, 0) is 20.3 Å². The quantitative estimate of drug-likeness (QED) is 0.262. The Labute approximate surface area is 163 Å². The first-order valence-electron chi connectivity index (χ1n) is 10.3. The van der Waals surface area contributed by atoms with Gasteiger partial charge in [-0.3, -0.25) is 14.4 Å². The number of rotatable bonds is 17. The summed E-state index contributed by atoms with van der Waals surface area (Å²) in [6.45, 7) is 4.08. The summed E-state index contributed by atoms with van der Waals surface area (Å²) in [6.07, 6.45) is 8.35. The summed E-state index contributed by atoms with van der Waals surface area (Å²) in [5.41, 5.74) is -2.74. The van der Waals surface area contributed by atoms with Gasteiger partial charge in [0.25, 0.3) is 0 Å². The van der Waals surface area contributed by atoms with Crippen molar-refractivity contribution in [2.75, 3.05) is 0 Å². The number of aliphatic hydroxyl groups is 3. The van der Waals surface area contributed by atoms with E-state index >= 15 is 0 Å². The van der Waals surface area contributed by atoms with E-state index in [0.717, 1.165) is 33.1 Å². The van der Waals surface area contributed by atoms with Crippen LogP contribution in [-0.2, 0) is 14.4 Å². The van der Waals surface area contributed by atoms with Gasteiger partial charge >= 0.3 is 0 Å². The minimum absolute atomic E-state index is 0.0428. The first kappa shape index (κ1) is 25.9. The van der Waals surface area contributed by atoms with Gasteiger partial charge in [-0.15, -0.1) is 0 Å². The highest BCUT2D eigenvalue weighted by Gasteiger charge is 2.50. The van der Waals surface area contributed by atoms with Gasteiger partial charge in [0.2, 0.25) is 5.60 Å². The van der Waals surface area contributed by atoms with Gasteiger partial charge in [0.1, 0.15) is 12.2 Å². The molecule has 0 saturated carbocycles. The molecule has 0 aromatic heterocycles. The van der Waals surface area contributed by atoms with Crippen LogP contribution in [0.3, 0.4) is 0 Å². The topological polar surface area (TPSA) is 112 Å². The number of aliphatic hydroxyl groups excluding tert-OH is 2. The molecule has 0 aromatic rings. The van der Waals surface area contributed by atoms with Crippen LogP contribution >= 0.6 is 0 Å². The molecule has 3 N–H and O–H groups in total. The number of unbranched alkanes of at least 4 members (excludes halogenated alkanes) is 10. The van der Waals surface area contributed by atoms with Crippen molar-refractivity contribution in [1.82, 2.24) is 0 Å². The summed E-state index contributed by atoms with van der Waals surface area (Å²) in [6, 6.07) is 0. The van der Waals surface area contributed by atoms with Crippen molar-refractivity contribution in [1.29, 1.82) is 0 Å². The highest BCUT2D eigenvalue weighted by Crippen LogP contribution is 2.19. The molecule has 6 heteroatoms. The van der Waals surface area contributed by atoms with Gasteiger partial charge in [0.15, 0.2) is 17.3 Å². The van der Waals surface area contributed by atoms with Crippen molar-refractivity contribution in [3.63, 3.8) is 0 Å². The molecule has 0 radical (unpaired) electrons. The van der Waals surface area contributed by atoms with Crippen molar-refractivity contribution >= 4 is 17.3 Å². The molecule has 0 aliphatic rings. The largest absolute Gasteiger partial charge is 0.386 e. The predicted molar refractivity (Wildman–Crippen MR) is 104 cm³/mol. The predicted octanol–water partition coefficient (Wildman–Crippen LogP) is 2.89. The lowest BCUT2D eigenvalue weighted by Crippen LogP contribution is -2.60. The van der Waals surface area contributed by atoms with Gasteiger partial charge in [0, 0.05) is 6.42 Å². The third kappa shape index (κ3) is 9.08. The summed E-state index contributed by atoms with van der Waals surface area (Å²) in [4.78, 5) is 35.0. The highest BCUT2D eigenvalue weighted by atomic mass is 16.4. The number of carbonyl (C=O) groups excluding carboxylic acids is 3. The summed E-state index contributed by atoms with van der Waals surface area (Å²) in [5.74, 6) is -2.66. The molecular weight excluding hydrogens is 348 g/mol. The Kier molecular flexibility index (Phi) is 13.4. The average Bonchev–Trinajstić information content (AvgIpc) is 2.63. The van der Waals surface area contributed by atoms with Crippen LogP contribution < -0.4 is 0 Å². The molecule has 2 atom stereocenters. The summed E-state index contributed by atoms with van der Waals surface area (Å²) in [5, 5.41) is 29.9. The lowest BCUT2D eigenvalue weighted by Gasteiger charge is -2.30. The van der Waals surface area contributed by atoms with E-state index in [4.69, 9.17) is 0 Å². The second-order valence-corrected chi connectivity index (χ2v) is 7.52. The summed E-state index contributed by atoms with van der Waals surface area (Å²) in [7, 11) is 0. The molecule has 0 aliphatic carbocycles. The molecule has 158 valence electrons. The van der Waals surface area contributed by atoms with Crippen LogP contribution in [0.15, 0.2) is 0 Å². The number of hydrogen-bond donors (Lipinski definition) is 3. The van der Waals surface area contributed by atoms with Crippen LogP contribution in [0.25, 0.3) is 0 Å². The molecule has 0 fully saturated rings. The Hall–Kier alpha value is -1.11. The molecule has 27 heavy (non-hydrogen) atoms. The van der Waals surface area contributed by atoms with Crippen molar-refractivity contribution in [2.24, 2.45) is 0 Å². The zero-order chi connectivity index (χ0) is 20.9. The van der Waals surface area contributed by atoms with Crippen LogP contribution in [0.2, 0.25) is 0 Å². The minimum Gasteiger partial charge on any atom is -0.386 e. The van der Waals surface area contributed by atoms with E-state index in [-0.39, 0.29) is 6.42 Å². The maximum Gasteiger partial charge on any atom is 0.209 e. The zero-order valence-corrected chi connectivity index (χ0v) is 17.2. The van der Waals surface area contributed by atoms with Crippen LogP contribution in [0.4, 0.5) is 0 Å². The first-order valence-corrected chi connectivity index (χ1v) is 10.3. The second kappa shape index (κ2) is 14.0. The van der Waals surface area contributed by atoms with E-state index < -0.39 is 35.2 Å². The van der Waals surface area contributed by atoms with Gasteiger partial charge in [-0.2, -0.15) is 0 Å². The third-order valence-corrected chi connectivity index (χ3v) is 5.16. The summed E-state index contributed by atoms with van der Waals surface area (Å²) >= 11 is 0. The standard InChI is InChI=1S/C21H38O6/c1-4-5-6-7-8-9-10-11-12-13-14-15-18(24)19(25)20(26)21(27,16(2)22)17(3)23/h19-20,25-27H,4-15H2,1-3H3. The van der Waals surface area contributed by atoms with Crippen molar-refractivity contribution in [3.8, 4) is 0 Å². The molecule has 0 spiro atoms. The fourth-order valence-corrected chi connectivity index (χ4v) is 3.18. The fourth-order valence-electron chi connectivity index (χ4n) is 3.18. The molecular formula is C21H38O6. The number of carbonyl (C=O) groups is 3. The van der Waals surface area contributed by atoms with Gasteiger partial charge in [-0.25, -0.2) is 0 Å². The normalized spacial score (nSPS) is 14.0. The minimum atomic E-state index is -2.74. The Balaban J connectivity index is 4.02. The van der Waals surface area contributed by atoms with Gasteiger partial charge < -0.3 is 15.3 Å². The number of hydrogen-bond acceptors (Lipinski definition) is 6. The van der Waals surface area contributed by atoms with Gasteiger partial charge in [-0.1, -0.05) is 71.1 Å². The summed E-state index contributed by atoms with van der Waals surface area (Å²) < 4.78 is 0. The van der Waals surface area contributed by atoms with E-state index in [1.165, 1.54) is 44.9 Å². The van der Waals surface area contributed by atoms with Crippen molar-refractivity contribution in [2.45, 2.75) is 116 Å². The Morgan fingerprint density at radius 1 is 0.741 bits per heavy atom. The smallest absolute Gasteiger partial charge is 0.209 e.